The molecule has 0 saturated carbocycles. The lowest BCUT2D eigenvalue weighted by Gasteiger charge is -2.15. The van der Waals surface area contributed by atoms with Crippen molar-refractivity contribution < 1.29 is 14.7 Å². The van der Waals surface area contributed by atoms with E-state index >= 15 is 0 Å². The third-order valence-electron chi connectivity index (χ3n) is 3.81. The number of benzene rings is 2. The Morgan fingerprint density at radius 2 is 1.74 bits per heavy atom. The maximum Gasteiger partial charge on any atom is 0.293 e. The van der Waals surface area contributed by atoms with Crippen molar-refractivity contribution >= 4 is 29.1 Å². The van der Waals surface area contributed by atoms with Gasteiger partial charge in [-0.05, 0) is 18.6 Å². The van der Waals surface area contributed by atoms with Gasteiger partial charge in [-0.2, -0.15) is 0 Å². The number of rotatable bonds is 2. The topological polar surface area (TPSA) is 66.4 Å². The van der Waals surface area contributed by atoms with Gasteiger partial charge in [0.05, 0.1) is 11.6 Å². The van der Waals surface area contributed by atoms with Crippen molar-refractivity contribution in [1.29, 1.82) is 0 Å². The van der Waals surface area contributed by atoms with Crippen LogP contribution in [0.1, 0.15) is 22.7 Å². The molecule has 1 amide bonds. The Bertz CT molecular complexity index is 824. The van der Waals surface area contributed by atoms with E-state index in [4.69, 9.17) is 11.6 Å². The van der Waals surface area contributed by atoms with Crippen LogP contribution in [0.5, 0.6) is 0 Å². The first-order chi connectivity index (χ1) is 11.0. The van der Waals surface area contributed by atoms with Crippen molar-refractivity contribution in [2.24, 2.45) is 0 Å². The van der Waals surface area contributed by atoms with E-state index in [1.54, 1.807) is 36.4 Å². The lowest BCUT2D eigenvalue weighted by atomic mass is 9.95. The molecule has 1 aliphatic rings. The van der Waals surface area contributed by atoms with Gasteiger partial charge in [-0.15, -0.1) is 0 Å². The van der Waals surface area contributed by atoms with E-state index < -0.39 is 17.7 Å². The molecule has 0 aromatic heterocycles. The third kappa shape index (κ3) is 2.73. The van der Waals surface area contributed by atoms with Crippen molar-refractivity contribution in [2.75, 3.05) is 0 Å². The van der Waals surface area contributed by atoms with Gasteiger partial charge in [-0.3, -0.25) is 9.59 Å². The van der Waals surface area contributed by atoms with E-state index in [0.29, 0.717) is 16.1 Å². The van der Waals surface area contributed by atoms with Crippen molar-refractivity contribution in [3.63, 3.8) is 0 Å². The van der Waals surface area contributed by atoms with Gasteiger partial charge in [-0.25, -0.2) is 0 Å². The molecule has 2 N–H and O–H groups in total. The number of ketones is 1. The number of carbonyl (C=O) groups excluding carboxylic acids is 2. The molecule has 116 valence electrons. The van der Waals surface area contributed by atoms with Gasteiger partial charge in [0.25, 0.3) is 11.7 Å². The zero-order chi connectivity index (χ0) is 16.6. The van der Waals surface area contributed by atoms with Gasteiger partial charge in [0, 0.05) is 10.6 Å². The summed E-state index contributed by atoms with van der Waals surface area (Å²) in [5, 5.41) is 13.5. The fraction of sp³-hybridized carbons (Fsp3) is 0.111. The molecule has 1 saturated heterocycles. The molecule has 5 heteroatoms. The summed E-state index contributed by atoms with van der Waals surface area (Å²) in [7, 11) is 0. The minimum Gasteiger partial charge on any atom is -0.507 e. The molecule has 2 aromatic rings. The number of halogens is 1. The fourth-order valence-corrected chi connectivity index (χ4v) is 2.82. The highest BCUT2D eigenvalue weighted by molar-refractivity contribution is 6.47. The molecular weight excluding hydrogens is 314 g/mol. The van der Waals surface area contributed by atoms with E-state index in [0.717, 1.165) is 5.56 Å². The summed E-state index contributed by atoms with van der Waals surface area (Å²) in [6.07, 6.45) is 0. The van der Waals surface area contributed by atoms with Gasteiger partial charge >= 0.3 is 0 Å². The van der Waals surface area contributed by atoms with E-state index in [9.17, 15) is 14.7 Å². The number of Topliss-reactive ketones (excluding diaryl/α,β-unsaturated/α-hetero) is 1. The number of carbonyl (C=O) groups is 2. The highest BCUT2D eigenvalue weighted by Crippen LogP contribution is 2.35. The molecule has 0 spiro atoms. The zero-order valence-corrected chi connectivity index (χ0v) is 13.1. The molecule has 0 bridgehead atoms. The quantitative estimate of drug-likeness (QED) is 0.505. The highest BCUT2D eigenvalue weighted by Gasteiger charge is 2.40. The lowest BCUT2D eigenvalue weighted by molar-refractivity contribution is -0.133. The zero-order valence-electron chi connectivity index (χ0n) is 12.3. The van der Waals surface area contributed by atoms with Crippen LogP contribution < -0.4 is 5.32 Å². The first-order valence-corrected chi connectivity index (χ1v) is 7.46. The van der Waals surface area contributed by atoms with Gasteiger partial charge in [0.1, 0.15) is 5.76 Å². The van der Waals surface area contributed by atoms with Crippen LogP contribution >= 0.6 is 11.6 Å². The van der Waals surface area contributed by atoms with Gasteiger partial charge in [0.2, 0.25) is 0 Å². The van der Waals surface area contributed by atoms with E-state index in [1.165, 1.54) is 0 Å². The van der Waals surface area contributed by atoms with Gasteiger partial charge < -0.3 is 10.4 Å². The van der Waals surface area contributed by atoms with E-state index in [1.807, 2.05) is 19.1 Å². The van der Waals surface area contributed by atoms with Crippen LogP contribution in [0.3, 0.4) is 0 Å². The molecule has 1 fully saturated rings. The molecular formula is C18H14ClNO3. The van der Waals surface area contributed by atoms with Crippen LogP contribution in [0, 0.1) is 6.92 Å². The molecule has 1 atom stereocenters. The number of aliphatic hydroxyl groups excluding tert-OH is 1. The second-order valence-corrected chi connectivity index (χ2v) is 5.79. The van der Waals surface area contributed by atoms with Gasteiger partial charge in [-0.1, -0.05) is 59.6 Å². The Balaban J connectivity index is 2.15. The molecule has 3 rings (SSSR count). The average Bonchev–Trinajstić information content (AvgIpc) is 2.83. The number of hydrogen-bond donors (Lipinski definition) is 2. The van der Waals surface area contributed by atoms with Crippen LogP contribution in [-0.2, 0) is 9.59 Å². The van der Waals surface area contributed by atoms with Crippen molar-refractivity contribution in [3.05, 3.63) is 75.8 Å². The monoisotopic (exact) mass is 327 g/mol. The van der Waals surface area contributed by atoms with Crippen molar-refractivity contribution in [2.45, 2.75) is 13.0 Å². The molecule has 0 radical (unpaired) electrons. The Hall–Kier alpha value is -2.59. The lowest BCUT2D eigenvalue weighted by Crippen LogP contribution is -2.21. The van der Waals surface area contributed by atoms with E-state index in [-0.39, 0.29) is 11.3 Å². The van der Waals surface area contributed by atoms with Crippen LogP contribution in [0.15, 0.2) is 54.1 Å². The fourth-order valence-electron chi connectivity index (χ4n) is 2.58. The predicted octanol–water partition coefficient (Wildman–Crippen LogP) is 3.36. The highest BCUT2D eigenvalue weighted by atomic mass is 35.5. The predicted molar refractivity (Wildman–Crippen MR) is 88.1 cm³/mol. The average molecular weight is 328 g/mol. The minimum absolute atomic E-state index is 0.0203. The maximum absolute atomic E-state index is 12.2. The number of nitrogens with one attached hydrogen (secondary N) is 1. The normalized spacial score (nSPS) is 19.7. The molecule has 1 heterocycles. The number of amides is 1. The summed E-state index contributed by atoms with van der Waals surface area (Å²) >= 11 is 6.17. The van der Waals surface area contributed by atoms with E-state index in [2.05, 4.69) is 5.32 Å². The SMILES string of the molecule is Cc1ccc(C(O)=C2C(=O)C(=O)N[C@@H]2c2ccccc2Cl)cc1. The summed E-state index contributed by atoms with van der Waals surface area (Å²) in [6, 6.07) is 13.2. The molecule has 0 aliphatic carbocycles. The summed E-state index contributed by atoms with van der Waals surface area (Å²) < 4.78 is 0. The standard InChI is InChI=1S/C18H14ClNO3/c1-10-6-8-11(9-7-10)16(21)14-15(20-18(23)17(14)22)12-4-2-3-5-13(12)19/h2-9,15,21H,1H3,(H,20,23)/t15-/m1/s1. The first kappa shape index (κ1) is 15.3. The van der Waals surface area contributed by atoms with Crippen LogP contribution in [0.2, 0.25) is 5.02 Å². The molecule has 2 aromatic carbocycles. The Kier molecular flexibility index (Phi) is 3.92. The smallest absolute Gasteiger partial charge is 0.293 e. The maximum atomic E-state index is 12.2. The third-order valence-corrected chi connectivity index (χ3v) is 4.16. The summed E-state index contributed by atoms with van der Waals surface area (Å²) in [5.74, 6) is -1.70. The minimum atomic E-state index is -0.759. The van der Waals surface area contributed by atoms with Crippen LogP contribution in [0.25, 0.3) is 5.76 Å². The Labute approximate surface area is 138 Å². The Morgan fingerprint density at radius 3 is 2.39 bits per heavy atom. The largest absolute Gasteiger partial charge is 0.507 e. The first-order valence-electron chi connectivity index (χ1n) is 7.09. The van der Waals surface area contributed by atoms with Crippen molar-refractivity contribution in [1.82, 2.24) is 5.32 Å². The van der Waals surface area contributed by atoms with Crippen LogP contribution in [-0.4, -0.2) is 16.8 Å². The number of aryl methyl sites for hydroxylation is 1. The molecule has 23 heavy (non-hydrogen) atoms. The number of aliphatic hydroxyl groups is 1. The Morgan fingerprint density at radius 1 is 1.09 bits per heavy atom. The molecule has 0 unspecified atom stereocenters. The number of hydrogen-bond acceptors (Lipinski definition) is 3. The van der Waals surface area contributed by atoms with Crippen molar-refractivity contribution in [3.8, 4) is 0 Å². The van der Waals surface area contributed by atoms with Gasteiger partial charge in [0.15, 0.2) is 0 Å². The molecule has 4 nitrogen and oxygen atoms in total. The second-order valence-electron chi connectivity index (χ2n) is 5.39. The molecule has 1 aliphatic heterocycles. The van der Waals surface area contributed by atoms with Crippen LogP contribution in [0.4, 0.5) is 0 Å². The second kappa shape index (κ2) is 5.89. The summed E-state index contributed by atoms with van der Waals surface area (Å²) in [4.78, 5) is 24.0. The summed E-state index contributed by atoms with van der Waals surface area (Å²) in [6.45, 7) is 1.92. The summed E-state index contributed by atoms with van der Waals surface area (Å²) in [5.41, 5.74) is 2.10.